The Morgan fingerprint density at radius 3 is 1.95 bits per heavy atom. The van der Waals surface area contributed by atoms with E-state index < -0.39 is 65.3 Å². The lowest BCUT2D eigenvalue weighted by atomic mass is 10.0. The van der Waals surface area contributed by atoms with Gasteiger partial charge in [0.2, 0.25) is 5.91 Å². The van der Waals surface area contributed by atoms with Gasteiger partial charge in [0, 0.05) is 38.9 Å². The van der Waals surface area contributed by atoms with Gasteiger partial charge in [0.05, 0.1) is 24.7 Å². The van der Waals surface area contributed by atoms with Crippen LogP contribution in [0.25, 0.3) is 0 Å². The number of benzene rings is 1. The standard InChI is InChI=1S/C26H36F6N2O7/c1-15(33-16-8-9-17(25(27,28)29)18(12-16)26(30,31)32)14-34(20(35)13-22(38-5)39-6)19(23(37)40-7)10-11-21(36)41-24(2,3)4/h8-9,12,15,19,22,33H,10-11,13-14H2,1-7H3/t15-,19+/m1/s1. The normalized spacial score (nSPS) is 13.9. The van der Waals surface area contributed by atoms with Crippen molar-refractivity contribution in [2.75, 3.05) is 33.2 Å². The highest BCUT2D eigenvalue weighted by Crippen LogP contribution is 2.41. The Morgan fingerprint density at radius 1 is 0.927 bits per heavy atom. The summed E-state index contributed by atoms with van der Waals surface area (Å²) in [5.41, 5.74) is -4.85. The van der Waals surface area contributed by atoms with Crippen molar-refractivity contribution < 1.29 is 59.7 Å². The highest BCUT2D eigenvalue weighted by molar-refractivity contribution is 5.85. The average Bonchev–Trinajstić information content (AvgIpc) is 2.83. The van der Waals surface area contributed by atoms with Crippen LogP contribution in [0.15, 0.2) is 18.2 Å². The summed E-state index contributed by atoms with van der Waals surface area (Å²) >= 11 is 0. The Kier molecular flexibility index (Phi) is 12.9. The molecule has 0 aromatic heterocycles. The number of nitrogens with one attached hydrogen (secondary N) is 1. The molecule has 41 heavy (non-hydrogen) atoms. The van der Waals surface area contributed by atoms with Crippen molar-refractivity contribution in [1.82, 2.24) is 4.90 Å². The van der Waals surface area contributed by atoms with Crippen LogP contribution < -0.4 is 5.32 Å². The Labute approximate surface area is 234 Å². The fraction of sp³-hybridized carbons (Fsp3) is 0.654. The fourth-order valence-electron chi connectivity index (χ4n) is 3.85. The summed E-state index contributed by atoms with van der Waals surface area (Å²) < 4.78 is 99.8. The number of carbonyl (C=O) groups excluding carboxylic acids is 3. The minimum atomic E-state index is -5.29. The summed E-state index contributed by atoms with van der Waals surface area (Å²) in [5.74, 6) is -2.22. The van der Waals surface area contributed by atoms with Crippen molar-refractivity contribution in [2.24, 2.45) is 0 Å². The van der Waals surface area contributed by atoms with Gasteiger partial charge in [-0.3, -0.25) is 9.59 Å². The summed E-state index contributed by atoms with van der Waals surface area (Å²) in [6, 6.07) is -0.767. The molecule has 0 saturated carbocycles. The molecular weight excluding hydrogens is 566 g/mol. The lowest BCUT2D eigenvalue weighted by Crippen LogP contribution is -2.50. The number of carbonyl (C=O) groups is 3. The lowest BCUT2D eigenvalue weighted by Gasteiger charge is -2.33. The number of anilines is 1. The van der Waals surface area contributed by atoms with Crippen LogP contribution in [0.5, 0.6) is 0 Å². The van der Waals surface area contributed by atoms with Gasteiger partial charge in [0.15, 0.2) is 6.29 Å². The molecular formula is C26H36F6N2O7. The van der Waals surface area contributed by atoms with Crippen LogP contribution >= 0.6 is 0 Å². The molecule has 1 N–H and O–H groups in total. The van der Waals surface area contributed by atoms with Crippen LogP contribution in [0.4, 0.5) is 32.0 Å². The molecule has 1 aromatic carbocycles. The third-order valence-electron chi connectivity index (χ3n) is 5.59. The van der Waals surface area contributed by atoms with Crippen molar-refractivity contribution in [1.29, 1.82) is 0 Å². The van der Waals surface area contributed by atoms with Gasteiger partial charge in [-0.2, -0.15) is 26.3 Å². The molecule has 0 aliphatic rings. The van der Waals surface area contributed by atoms with E-state index >= 15 is 0 Å². The number of hydrogen-bond donors (Lipinski definition) is 1. The number of rotatable bonds is 13. The Balaban J connectivity index is 3.34. The first-order valence-corrected chi connectivity index (χ1v) is 12.4. The van der Waals surface area contributed by atoms with Crippen molar-refractivity contribution in [3.63, 3.8) is 0 Å². The van der Waals surface area contributed by atoms with E-state index in [4.69, 9.17) is 18.9 Å². The van der Waals surface area contributed by atoms with E-state index in [2.05, 4.69) is 5.32 Å². The van der Waals surface area contributed by atoms with Crippen LogP contribution in [0, 0.1) is 0 Å². The molecule has 0 bridgehead atoms. The van der Waals surface area contributed by atoms with Gasteiger partial charge >= 0.3 is 24.3 Å². The number of methoxy groups -OCH3 is 3. The molecule has 0 fully saturated rings. The van der Waals surface area contributed by atoms with Crippen molar-refractivity contribution in [3.8, 4) is 0 Å². The Morgan fingerprint density at radius 2 is 1.49 bits per heavy atom. The summed E-state index contributed by atoms with van der Waals surface area (Å²) in [7, 11) is 3.62. The van der Waals surface area contributed by atoms with Crippen LogP contribution in [0.3, 0.4) is 0 Å². The third-order valence-corrected chi connectivity index (χ3v) is 5.59. The van der Waals surface area contributed by atoms with Gasteiger partial charge in [0.1, 0.15) is 11.6 Å². The van der Waals surface area contributed by atoms with E-state index in [1.54, 1.807) is 20.8 Å². The molecule has 2 atom stereocenters. The number of halogens is 6. The van der Waals surface area contributed by atoms with Gasteiger partial charge in [-0.25, -0.2) is 4.79 Å². The van der Waals surface area contributed by atoms with Crippen LogP contribution in [-0.2, 0) is 45.7 Å². The number of alkyl halides is 6. The maximum Gasteiger partial charge on any atom is 0.417 e. The van der Waals surface area contributed by atoms with Gasteiger partial charge in [-0.15, -0.1) is 0 Å². The van der Waals surface area contributed by atoms with Crippen LogP contribution in [0.1, 0.15) is 58.1 Å². The van der Waals surface area contributed by atoms with E-state index in [0.29, 0.717) is 12.1 Å². The first-order chi connectivity index (χ1) is 18.7. The van der Waals surface area contributed by atoms with Crippen molar-refractivity contribution >= 4 is 23.5 Å². The molecule has 0 radical (unpaired) electrons. The minimum Gasteiger partial charge on any atom is -0.467 e. The zero-order chi connectivity index (χ0) is 31.8. The van der Waals surface area contributed by atoms with Gasteiger partial charge in [-0.1, -0.05) is 0 Å². The zero-order valence-electron chi connectivity index (χ0n) is 23.9. The van der Waals surface area contributed by atoms with E-state index in [0.717, 1.165) is 18.1 Å². The van der Waals surface area contributed by atoms with E-state index in [1.807, 2.05) is 0 Å². The number of nitrogens with zero attached hydrogens (tertiary/aromatic N) is 1. The van der Waals surface area contributed by atoms with E-state index in [9.17, 15) is 40.7 Å². The predicted octanol–water partition coefficient (Wildman–Crippen LogP) is 5.03. The Hall–Kier alpha value is -3.07. The highest BCUT2D eigenvalue weighted by atomic mass is 19.4. The van der Waals surface area contributed by atoms with Gasteiger partial charge in [0.25, 0.3) is 0 Å². The van der Waals surface area contributed by atoms with Crippen molar-refractivity contribution in [2.45, 2.75) is 83.3 Å². The summed E-state index contributed by atoms with van der Waals surface area (Å²) in [5, 5.41) is 2.64. The van der Waals surface area contributed by atoms with Crippen molar-refractivity contribution in [3.05, 3.63) is 29.3 Å². The smallest absolute Gasteiger partial charge is 0.417 e. The lowest BCUT2D eigenvalue weighted by molar-refractivity contribution is -0.162. The molecule has 1 amide bonds. The second kappa shape index (κ2) is 14.7. The topological polar surface area (TPSA) is 103 Å². The van der Waals surface area contributed by atoms with E-state index in [-0.39, 0.29) is 31.5 Å². The highest BCUT2D eigenvalue weighted by Gasteiger charge is 2.43. The molecule has 0 aliphatic heterocycles. The molecule has 0 aliphatic carbocycles. The van der Waals surface area contributed by atoms with Gasteiger partial charge in [-0.05, 0) is 52.3 Å². The molecule has 234 valence electrons. The minimum absolute atomic E-state index is 0.219. The summed E-state index contributed by atoms with van der Waals surface area (Å²) in [6.07, 6.45) is -12.4. The molecule has 0 unspecified atom stereocenters. The Bertz CT molecular complexity index is 1040. The second-order valence-electron chi connectivity index (χ2n) is 10.1. The number of hydrogen-bond acceptors (Lipinski definition) is 8. The molecule has 0 heterocycles. The fourth-order valence-corrected chi connectivity index (χ4v) is 3.85. The molecule has 9 nitrogen and oxygen atoms in total. The van der Waals surface area contributed by atoms with Gasteiger partial charge < -0.3 is 29.2 Å². The molecule has 1 aromatic rings. The molecule has 0 spiro atoms. The van der Waals surface area contributed by atoms with Crippen LogP contribution in [0.2, 0.25) is 0 Å². The number of amides is 1. The summed E-state index contributed by atoms with van der Waals surface area (Å²) in [4.78, 5) is 39.4. The largest absolute Gasteiger partial charge is 0.467 e. The predicted molar refractivity (Wildman–Crippen MR) is 135 cm³/mol. The average molecular weight is 603 g/mol. The zero-order valence-corrected chi connectivity index (χ0v) is 23.9. The third kappa shape index (κ3) is 11.7. The number of ether oxygens (including phenoxy) is 4. The van der Waals surface area contributed by atoms with E-state index in [1.165, 1.54) is 21.1 Å². The SMILES string of the molecule is COC(=O)[C@H](CCC(=O)OC(C)(C)C)N(C[C@@H](C)Nc1ccc(C(F)(F)F)c(C(F)(F)F)c1)C(=O)CC(OC)OC. The maximum atomic E-state index is 13.4. The molecule has 0 saturated heterocycles. The van der Waals surface area contributed by atoms with Crippen LogP contribution in [-0.4, -0.2) is 74.6 Å². The summed E-state index contributed by atoms with van der Waals surface area (Å²) in [6.45, 7) is 6.06. The quantitative estimate of drug-likeness (QED) is 0.191. The monoisotopic (exact) mass is 602 g/mol. The maximum absolute atomic E-state index is 13.4. The second-order valence-corrected chi connectivity index (χ2v) is 10.1. The molecule has 1 rings (SSSR count). The first-order valence-electron chi connectivity index (χ1n) is 12.4. The first kappa shape index (κ1) is 36.0. The number of esters is 2. The molecule has 15 heteroatoms.